The second kappa shape index (κ2) is 8.94. The molecule has 0 saturated heterocycles. The molecule has 28 heavy (non-hydrogen) atoms. The van der Waals surface area contributed by atoms with E-state index in [2.05, 4.69) is 5.32 Å². The third-order valence-corrected chi connectivity index (χ3v) is 3.75. The highest BCUT2D eigenvalue weighted by Crippen LogP contribution is 2.33. The van der Waals surface area contributed by atoms with E-state index < -0.39 is 29.6 Å². The van der Waals surface area contributed by atoms with E-state index in [1.54, 1.807) is 0 Å². The number of methoxy groups -OCH3 is 2. The van der Waals surface area contributed by atoms with E-state index in [9.17, 15) is 23.2 Å². The Morgan fingerprint density at radius 1 is 1.07 bits per heavy atom. The van der Waals surface area contributed by atoms with Gasteiger partial charge in [0, 0.05) is 17.3 Å². The van der Waals surface area contributed by atoms with Crippen LogP contribution in [-0.4, -0.2) is 38.5 Å². The van der Waals surface area contributed by atoms with Crippen molar-refractivity contribution in [3.05, 3.63) is 53.1 Å². The van der Waals surface area contributed by atoms with E-state index >= 15 is 0 Å². The van der Waals surface area contributed by atoms with Crippen LogP contribution in [0.1, 0.15) is 27.6 Å². The lowest BCUT2D eigenvalue weighted by atomic mass is 10.1. The maximum absolute atomic E-state index is 13.2. The fraction of sp³-hybridized carbons (Fsp3) is 0.211. The molecule has 2 rings (SSSR count). The molecule has 0 aliphatic heterocycles. The Hall–Kier alpha value is -3.49. The third kappa shape index (κ3) is 4.43. The standard InChI is InChI=1S/C19H17F2NO6/c1-10(18(24)22-12-5-6-13(20)14(21)8-12)28-19(25)16-11(9-23)4-7-15(26-2)17(16)27-3/h4-10H,1-3H3,(H,22,24)/t10-/m1/s1. The maximum atomic E-state index is 13.2. The molecular formula is C19H17F2NO6. The van der Waals surface area contributed by atoms with E-state index in [1.807, 2.05) is 0 Å². The van der Waals surface area contributed by atoms with E-state index in [0.29, 0.717) is 6.29 Å². The average molecular weight is 393 g/mol. The molecular weight excluding hydrogens is 376 g/mol. The van der Waals surface area contributed by atoms with Gasteiger partial charge in [-0.05, 0) is 31.2 Å². The summed E-state index contributed by atoms with van der Waals surface area (Å²) in [6.07, 6.45) is -0.874. The number of esters is 1. The number of anilines is 1. The van der Waals surface area contributed by atoms with Crippen molar-refractivity contribution in [2.24, 2.45) is 0 Å². The van der Waals surface area contributed by atoms with E-state index in [4.69, 9.17) is 14.2 Å². The second-order valence-corrected chi connectivity index (χ2v) is 5.55. The summed E-state index contributed by atoms with van der Waals surface area (Å²) in [7, 11) is 2.63. The predicted octanol–water partition coefficient (Wildman–Crippen LogP) is 2.98. The SMILES string of the molecule is COc1ccc(C=O)c(C(=O)O[C@H](C)C(=O)Nc2ccc(F)c(F)c2)c1OC. The predicted molar refractivity (Wildman–Crippen MR) is 94.8 cm³/mol. The van der Waals surface area contributed by atoms with Crippen molar-refractivity contribution in [1.82, 2.24) is 0 Å². The van der Waals surface area contributed by atoms with Gasteiger partial charge in [-0.25, -0.2) is 13.6 Å². The van der Waals surface area contributed by atoms with Crippen molar-refractivity contribution in [2.45, 2.75) is 13.0 Å². The van der Waals surface area contributed by atoms with Crippen LogP contribution < -0.4 is 14.8 Å². The normalized spacial score (nSPS) is 11.3. The van der Waals surface area contributed by atoms with E-state index in [0.717, 1.165) is 18.2 Å². The maximum Gasteiger partial charge on any atom is 0.343 e. The summed E-state index contributed by atoms with van der Waals surface area (Å²) in [6.45, 7) is 1.28. The molecule has 0 heterocycles. The van der Waals surface area contributed by atoms with Gasteiger partial charge >= 0.3 is 5.97 Å². The summed E-state index contributed by atoms with van der Waals surface area (Å²) in [4.78, 5) is 36.0. The number of carbonyl (C=O) groups is 3. The first-order chi connectivity index (χ1) is 13.3. The van der Waals surface area contributed by atoms with Gasteiger partial charge in [0.25, 0.3) is 5.91 Å². The largest absolute Gasteiger partial charge is 0.493 e. The van der Waals surface area contributed by atoms with Crippen molar-refractivity contribution in [3.63, 3.8) is 0 Å². The lowest BCUT2D eigenvalue weighted by Crippen LogP contribution is -2.30. The molecule has 1 amide bonds. The topological polar surface area (TPSA) is 90.9 Å². The molecule has 9 heteroatoms. The molecule has 0 radical (unpaired) electrons. The van der Waals surface area contributed by atoms with Gasteiger partial charge in [0.1, 0.15) is 5.56 Å². The number of benzene rings is 2. The van der Waals surface area contributed by atoms with Crippen molar-refractivity contribution >= 4 is 23.9 Å². The van der Waals surface area contributed by atoms with Crippen LogP contribution in [0.5, 0.6) is 11.5 Å². The zero-order valence-electron chi connectivity index (χ0n) is 15.2. The van der Waals surface area contributed by atoms with Crippen molar-refractivity contribution in [2.75, 3.05) is 19.5 Å². The molecule has 148 valence electrons. The molecule has 0 aliphatic carbocycles. The van der Waals surface area contributed by atoms with Gasteiger partial charge in [-0.3, -0.25) is 9.59 Å². The number of halogens is 2. The number of hydrogen-bond donors (Lipinski definition) is 1. The summed E-state index contributed by atoms with van der Waals surface area (Å²) < 4.78 is 41.5. The lowest BCUT2D eigenvalue weighted by molar-refractivity contribution is -0.123. The van der Waals surface area contributed by atoms with Crippen LogP contribution in [0.25, 0.3) is 0 Å². The highest BCUT2D eigenvalue weighted by atomic mass is 19.2. The van der Waals surface area contributed by atoms with Crippen LogP contribution >= 0.6 is 0 Å². The van der Waals surface area contributed by atoms with Crippen LogP contribution in [-0.2, 0) is 9.53 Å². The number of hydrogen-bond acceptors (Lipinski definition) is 6. The minimum absolute atomic E-state index is 0.0145. The summed E-state index contributed by atoms with van der Waals surface area (Å²) in [6, 6.07) is 5.58. The average Bonchev–Trinajstić information content (AvgIpc) is 2.69. The number of rotatable bonds is 7. The lowest BCUT2D eigenvalue weighted by Gasteiger charge is -2.17. The van der Waals surface area contributed by atoms with Gasteiger partial charge < -0.3 is 19.5 Å². The highest BCUT2D eigenvalue weighted by molar-refractivity contribution is 6.03. The highest BCUT2D eigenvalue weighted by Gasteiger charge is 2.26. The summed E-state index contributed by atoms with van der Waals surface area (Å²) >= 11 is 0. The number of amides is 1. The quantitative estimate of drug-likeness (QED) is 0.575. The minimum Gasteiger partial charge on any atom is -0.493 e. The van der Waals surface area contributed by atoms with Crippen molar-refractivity contribution < 1.29 is 37.4 Å². The number of carbonyl (C=O) groups excluding carboxylic acids is 3. The zero-order chi connectivity index (χ0) is 20.8. The third-order valence-electron chi connectivity index (χ3n) is 3.75. The number of ether oxygens (including phenoxy) is 3. The molecule has 1 atom stereocenters. The Balaban J connectivity index is 2.20. The van der Waals surface area contributed by atoms with Gasteiger partial charge in [-0.2, -0.15) is 0 Å². The Kier molecular flexibility index (Phi) is 6.64. The summed E-state index contributed by atoms with van der Waals surface area (Å²) in [5.41, 5.74) is -0.237. The van der Waals surface area contributed by atoms with Crippen LogP contribution in [0.2, 0.25) is 0 Å². The first kappa shape index (κ1) is 20.8. The fourth-order valence-corrected chi connectivity index (χ4v) is 2.34. The van der Waals surface area contributed by atoms with Crippen LogP contribution in [0.4, 0.5) is 14.5 Å². The molecule has 0 bridgehead atoms. The van der Waals surface area contributed by atoms with E-state index in [1.165, 1.54) is 33.3 Å². The van der Waals surface area contributed by atoms with Gasteiger partial charge in [0.2, 0.25) is 0 Å². The zero-order valence-corrected chi connectivity index (χ0v) is 15.2. The molecule has 2 aromatic rings. The molecule has 0 unspecified atom stereocenters. The molecule has 0 saturated carbocycles. The smallest absolute Gasteiger partial charge is 0.343 e. The minimum atomic E-state index is -1.31. The Morgan fingerprint density at radius 2 is 1.79 bits per heavy atom. The van der Waals surface area contributed by atoms with Crippen LogP contribution in [0.15, 0.2) is 30.3 Å². The molecule has 0 spiro atoms. The Morgan fingerprint density at radius 3 is 2.36 bits per heavy atom. The molecule has 1 N–H and O–H groups in total. The van der Waals surface area contributed by atoms with E-state index in [-0.39, 0.29) is 28.3 Å². The Labute approximate surface area is 159 Å². The Bertz CT molecular complexity index is 916. The molecule has 7 nitrogen and oxygen atoms in total. The van der Waals surface area contributed by atoms with Gasteiger partial charge in [0.15, 0.2) is 35.5 Å². The molecule has 0 fully saturated rings. The second-order valence-electron chi connectivity index (χ2n) is 5.55. The fourth-order valence-electron chi connectivity index (χ4n) is 2.34. The molecule has 2 aromatic carbocycles. The number of nitrogens with one attached hydrogen (secondary N) is 1. The van der Waals surface area contributed by atoms with Crippen LogP contribution in [0, 0.1) is 11.6 Å². The van der Waals surface area contributed by atoms with Gasteiger partial charge in [-0.1, -0.05) is 0 Å². The summed E-state index contributed by atoms with van der Waals surface area (Å²) in [5, 5.41) is 2.30. The first-order valence-electron chi connectivity index (χ1n) is 7.99. The number of aldehydes is 1. The first-order valence-corrected chi connectivity index (χ1v) is 7.99. The van der Waals surface area contributed by atoms with Gasteiger partial charge in [-0.15, -0.1) is 0 Å². The van der Waals surface area contributed by atoms with Crippen molar-refractivity contribution in [3.8, 4) is 11.5 Å². The van der Waals surface area contributed by atoms with Gasteiger partial charge in [0.05, 0.1) is 14.2 Å². The summed E-state index contributed by atoms with van der Waals surface area (Å²) in [5.74, 6) is -3.81. The monoisotopic (exact) mass is 393 g/mol. The molecule has 0 aliphatic rings. The molecule has 0 aromatic heterocycles. The van der Waals surface area contributed by atoms with Crippen molar-refractivity contribution in [1.29, 1.82) is 0 Å². The van der Waals surface area contributed by atoms with Crippen LogP contribution in [0.3, 0.4) is 0 Å².